The number of carbonyl (C=O) groups excluding carboxylic acids is 1. The number of anilines is 1. The molecule has 0 spiro atoms. The van der Waals surface area contributed by atoms with Crippen molar-refractivity contribution in [3.63, 3.8) is 0 Å². The molecule has 5 heteroatoms. The van der Waals surface area contributed by atoms with Gasteiger partial charge in [0.1, 0.15) is 5.75 Å². The lowest BCUT2D eigenvalue weighted by Crippen LogP contribution is -2.41. The molecular weight excluding hydrogens is 266 g/mol. The molecule has 21 heavy (non-hydrogen) atoms. The number of amides is 1. The topological polar surface area (TPSA) is 58.8 Å². The number of methoxy groups -OCH3 is 1. The third kappa shape index (κ3) is 3.47. The molecule has 1 unspecified atom stereocenters. The summed E-state index contributed by atoms with van der Waals surface area (Å²) >= 11 is 0. The molecule has 5 nitrogen and oxygen atoms in total. The summed E-state index contributed by atoms with van der Waals surface area (Å²) in [6.07, 6.45) is 2.38. The molecule has 1 atom stereocenters. The fourth-order valence-electron chi connectivity index (χ4n) is 3.01. The molecule has 0 radical (unpaired) electrons. The number of nitrogens with zero attached hydrogens (tertiary/aromatic N) is 2. The minimum absolute atomic E-state index is 0.00676. The van der Waals surface area contributed by atoms with Crippen LogP contribution in [-0.2, 0) is 0 Å². The fourth-order valence-corrected chi connectivity index (χ4v) is 3.01. The Hall–Kier alpha value is -1.75. The molecule has 0 bridgehead atoms. The first kappa shape index (κ1) is 15.6. The number of nitrogens with two attached hydrogens (primary N) is 1. The van der Waals surface area contributed by atoms with E-state index in [-0.39, 0.29) is 5.91 Å². The standard InChI is InChI=1S/C16H25N3O2/c1-4-19-9-5-6-13(19)11-18(2)16(20)12-7-8-15(21-3)14(17)10-12/h7-8,10,13H,4-6,9,11,17H2,1-3H3. The van der Waals surface area contributed by atoms with Crippen LogP contribution >= 0.6 is 0 Å². The van der Waals surface area contributed by atoms with Gasteiger partial charge in [0.15, 0.2) is 0 Å². The SMILES string of the molecule is CCN1CCCC1CN(C)C(=O)c1ccc(OC)c(N)c1. The summed E-state index contributed by atoms with van der Waals surface area (Å²) in [5, 5.41) is 0. The molecule has 0 aliphatic carbocycles. The second kappa shape index (κ2) is 6.80. The van der Waals surface area contributed by atoms with Gasteiger partial charge in [-0.25, -0.2) is 0 Å². The van der Waals surface area contributed by atoms with E-state index in [9.17, 15) is 4.79 Å². The maximum atomic E-state index is 12.5. The van der Waals surface area contributed by atoms with Gasteiger partial charge in [0, 0.05) is 25.2 Å². The highest BCUT2D eigenvalue weighted by atomic mass is 16.5. The van der Waals surface area contributed by atoms with Crippen LogP contribution in [0, 0.1) is 0 Å². The molecule has 2 rings (SSSR count). The highest BCUT2D eigenvalue weighted by Crippen LogP contribution is 2.23. The number of likely N-dealkylation sites (N-methyl/N-ethyl adjacent to an activating group) is 2. The number of hydrogen-bond donors (Lipinski definition) is 1. The van der Waals surface area contributed by atoms with Crippen LogP contribution in [0.4, 0.5) is 5.69 Å². The third-order valence-electron chi connectivity index (χ3n) is 4.21. The molecule has 1 amide bonds. The van der Waals surface area contributed by atoms with Gasteiger partial charge >= 0.3 is 0 Å². The fraction of sp³-hybridized carbons (Fsp3) is 0.562. The predicted octanol–water partition coefficient (Wildman–Crippen LogP) is 1.83. The highest BCUT2D eigenvalue weighted by molar-refractivity contribution is 5.95. The van der Waals surface area contributed by atoms with Crippen LogP contribution in [0.15, 0.2) is 18.2 Å². The molecule has 1 aromatic rings. The molecule has 1 fully saturated rings. The van der Waals surface area contributed by atoms with E-state index in [0.29, 0.717) is 23.0 Å². The zero-order valence-electron chi connectivity index (χ0n) is 13.1. The van der Waals surface area contributed by atoms with Gasteiger partial charge in [-0.3, -0.25) is 9.69 Å². The van der Waals surface area contributed by atoms with Crippen LogP contribution in [0.1, 0.15) is 30.1 Å². The number of likely N-dealkylation sites (tertiary alicyclic amines) is 1. The Bertz CT molecular complexity index is 504. The minimum Gasteiger partial charge on any atom is -0.495 e. The van der Waals surface area contributed by atoms with Crippen molar-refractivity contribution in [2.75, 3.05) is 39.5 Å². The molecule has 1 aromatic carbocycles. The first-order valence-electron chi connectivity index (χ1n) is 7.49. The van der Waals surface area contributed by atoms with E-state index in [4.69, 9.17) is 10.5 Å². The van der Waals surface area contributed by atoms with E-state index in [1.807, 2.05) is 7.05 Å². The van der Waals surface area contributed by atoms with Crippen LogP contribution in [0.3, 0.4) is 0 Å². The van der Waals surface area contributed by atoms with Crippen molar-refractivity contribution in [2.24, 2.45) is 0 Å². The van der Waals surface area contributed by atoms with Gasteiger partial charge in [0.05, 0.1) is 12.8 Å². The zero-order valence-corrected chi connectivity index (χ0v) is 13.1. The smallest absolute Gasteiger partial charge is 0.253 e. The van der Waals surface area contributed by atoms with E-state index in [1.54, 1.807) is 30.2 Å². The van der Waals surface area contributed by atoms with Gasteiger partial charge in [-0.15, -0.1) is 0 Å². The van der Waals surface area contributed by atoms with E-state index in [2.05, 4.69) is 11.8 Å². The van der Waals surface area contributed by atoms with Crippen molar-refractivity contribution in [3.05, 3.63) is 23.8 Å². The lowest BCUT2D eigenvalue weighted by molar-refractivity contribution is 0.0754. The molecule has 1 heterocycles. The lowest BCUT2D eigenvalue weighted by atomic mass is 10.1. The lowest BCUT2D eigenvalue weighted by Gasteiger charge is -2.28. The molecule has 116 valence electrons. The Morgan fingerprint density at radius 1 is 1.52 bits per heavy atom. The second-order valence-electron chi connectivity index (χ2n) is 5.57. The Balaban J connectivity index is 2.03. The Morgan fingerprint density at radius 2 is 2.29 bits per heavy atom. The molecule has 0 aromatic heterocycles. The van der Waals surface area contributed by atoms with Crippen molar-refractivity contribution in [1.29, 1.82) is 0 Å². The van der Waals surface area contributed by atoms with Crippen molar-refractivity contribution in [2.45, 2.75) is 25.8 Å². The van der Waals surface area contributed by atoms with E-state index >= 15 is 0 Å². The number of benzene rings is 1. The second-order valence-corrected chi connectivity index (χ2v) is 5.57. The van der Waals surface area contributed by atoms with Crippen LogP contribution in [0.5, 0.6) is 5.75 Å². The monoisotopic (exact) mass is 291 g/mol. The highest BCUT2D eigenvalue weighted by Gasteiger charge is 2.26. The van der Waals surface area contributed by atoms with Crippen LogP contribution in [0.2, 0.25) is 0 Å². The summed E-state index contributed by atoms with van der Waals surface area (Å²) in [6.45, 7) is 5.11. The van der Waals surface area contributed by atoms with Crippen molar-refractivity contribution >= 4 is 11.6 Å². The van der Waals surface area contributed by atoms with Gasteiger partial charge < -0.3 is 15.4 Å². The Kier molecular flexibility index (Phi) is 5.07. The van der Waals surface area contributed by atoms with Gasteiger partial charge in [0.25, 0.3) is 5.91 Å². The van der Waals surface area contributed by atoms with Gasteiger partial charge in [-0.05, 0) is 44.1 Å². The van der Waals surface area contributed by atoms with Crippen LogP contribution in [-0.4, -0.2) is 55.5 Å². The number of nitrogen functional groups attached to an aromatic ring is 1. The molecule has 1 aliphatic heterocycles. The summed E-state index contributed by atoms with van der Waals surface area (Å²) in [6, 6.07) is 5.66. The van der Waals surface area contributed by atoms with E-state index in [1.165, 1.54) is 6.42 Å². The number of carbonyl (C=O) groups is 1. The van der Waals surface area contributed by atoms with Crippen molar-refractivity contribution in [1.82, 2.24) is 9.80 Å². The summed E-state index contributed by atoms with van der Waals surface area (Å²) in [5.74, 6) is 0.606. The Morgan fingerprint density at radius 3 is 2.90 bits per heavy atom. The van der Waals surface area contributed by atoms with Gasteiger partial charge in [0.2, 0.25) is 0 Å². The number of ether oxygens (including phenoxy) is 1. The quantitative estimate of drug-likeness (QED) is 0.841. The molecular formula is C16H25N3O2. The van der Waals surface area contributed by atoms with Crippen LogP contribution in [0.25, 0.3) is 0 Å². The van der Waals surface area contributed by atoms with E-state index in [0.717, 1.165) is 26.1 Å². The summed E-state index contributed by atoms with van der Waals surface area (Å²) in [4.78, 5) is 16.7. The molecule has 1 aliphatic rings. The summed E-state index contributed by atoms with van der Waals surface area (Å²) in [7, 11) is 3.42. The predicted molar refractivity (Wildman–Crippen MR) is 84.6 cm³/mol. The van der Waals surface area contributed by atoms with Crippen LogP contribution < -0.4 is 10.5 Å². The number of rotatable bonds is 5. The van der Waals surface area contributed by atoms with Gasteiger partial charge in [-0.1, -0.05) is 6.92 Å². The normalized spacial score (nSPS) is 18.7. The molecule has 0 saturated carbocycles. The summed E-state index contributed by atoms with van der Waals surface area (Å²) < 4.78 is 5.12. The third-order valence-corrected chi connectivity index (χ3v) is 4.21. The largest absolute Gasteiger partial charge is 0.495 e. The average molecular weight is 291 g/mol. The first-order chi connectivity index (χ1) is 10.1. The minimum atomic E-state index is 0.00676. The first-order valence-corrected chi connectivity index (χ1v) is 7.49. The maximum absolute atomic E-state index is 12.5. The average Bonchev–Trinajstić information content (AvgIpc) is 2.93. The maximum Gasteiger partial charge on any atom is 0.253 e. The number of hydrogen-bond acceptors (Lipinski definition) is 4. The zero-order chi connectivity index (χ0) is 15.4. The van der Waals surface area contributed by atoms with Gasteiger partial charge in [-0.2, -0.15) is 0 Å². The molecule has 1 saturated heterocycles. The van der Waals surface area contributed by atoms with Crippen molar-refractivity contribution in [3.8, 4) is 5.75 Å². The summed E-state index contributed by atoms with van der Waals surface area (Å²) in [5.41, 5.74) is 6.97. The molecule has 2 N–H and O–H groups in total. The Labute approximate surface area is 126 Å². The van der Waals surface area contributed by atoms with Crippen molar-refractivity contribution < 1.29 is 9.53 Å². The van der Waals surface area contributed by atoms with E-state index < -0.39 is 0 Å².